The molecule has 2 N–H and O–H groups in total. The van der Waals surface area contributed by atoms with Gasteiger partial charge in [-0.3, -0.25) is 9.78 Å². The third-order valence-electron chi connectivity index (χ3n) is 3.96. The Hall–Kier alpha value is -3.55. The van der Waals surface area contributed by atoms with E-state index in [1.807, 2.05) is 31.1 Å². The summed E-state index contributed by atoms with van der Waals surface area (Å²) >= 11 is 0. The minimum atomic E-state index is -1.58. The topological polar surface area (TPSA) is 57.3 Å². The Labute approximate surface area is 159 Å². The van der Waals surface area contributed by atoms with Crippen molar-refractivity contribution in [1.82, 2.24) is 4.98 Å². The number of benzene rings is 2. The number of halogens is 3. The first-order chi connectivity index (χ1) is 13.3. The van der Waals surface area contributed by atoms with Crippen LogP contribution in [0, 0.1) is 17.5 Å². The second-order valence-electron chi connectivity index (χ2n) is 6.21. The van der Waals surface area contributed by atoms with Gasteiger partial charge in [-0.2, -0.15) is 0 Å². The Bertz CT molecular complexity index is 1010. The van der Waals surface area contributed by atoms with Crippen molar-refractivity contribution in [1.29, 1.82) is 0 Å². The highest BCUT2D eigenvalue weighted by Crippen LogP contribution is 2.24. The Morgan fingerprint density at radius 1 is 0.929 bits per heavy atom. The smallest absolute Gasteiger partial charge is 0.257 e. The van der Waals surface area contributed by atoms with E-state index in [1.54, 1.807) is 12.1 Å². The van der Waals surface area contributed by atoms with Gasteiger partial charge in [0.15, 0.2) is 17.5 Å². The lowest BCUT2D eigenvalue weighted by atomic mass is 10.2. The van der Waals surface area contributed by atoms with Gasteiger partial charge in [-0.1, -0.05) is 0 Å². The first-order valence-electron chi connectivity index (χ1n) is 8.29. The molecule has 28 heavy (non-hydrogen) atoms. The lowest BCUT2D eigenvalue weighted by Gasteiger charge is -2.13. The average Bonchev–Trinajstić information content (AvgIpc) is 2.69. The van der Waals surface area contributed by atoms with E-state index in [0.29, 0.717) is 5.69 Å². The number of carbonyl (C=O) groups is 1. The fourth-order valence-electron chi connectivity index (χ4n) is 2.46. The molecule has 144 valence electrons. The number of amides is 1. The Morgan fingerprint density at radius 2 is 1.64 bits per heavy atom. The van der Waals surface area contributed by atoms with Gasteiger partial charge in [-0.25, -0.2) is 13.2 Å². The molecule has 5 nitrogen and oxygen atoms in total. The quantitative estimate of drug-likeness (QED) is 0.631. The van der Waals surface area contributed by atoms with Gasteiger partial charge in [0.05, 0.1) is 23.1 Å². The van der Waals surface area contributed by atoms with Crippen molar-refractivity contribution in [3.8, 4) is 0 Å². The van der Waals surface area contributed by atoms with Gasteiger partial charge < -0.3 is 15.5 Å². The number of hydrogen-bond donors (Lipinski definition) is 2. The van der Waals surface area contributed by atoms with Crippen molar-refractivity contribution in [2.24, 2.45) is 0 Å². The molecule has 1 heterocycles. The maximum Gasteiger partial charge on any atom is 0.257 e. The van der Waals surface area contributed by atoms with Crippen LogP contribution >= 0.6 is 0 Å². The molecule has 0 aliphatic heterocycles. The number of nitrogens with zero attached hydrogens (tertiary/aromatic N) is 2. The molecule has 3 aromatic rings. The van der Waals surface area contributed by atoms with E-state index in [9.17, 15) is 18.0 Å². The molecule has 0 aliphatic rings. The van der Waals surface area contributed by atoms with Crippen molar-refractivity contribution >= 4 is 28.7 Å². The van der Waals surface area contributed by atoms with Crippen LogP contribution in [0.15, 0.2) is 54.9 Å². The summed E-state index contributed by atoms with van der Waals surface area (Å²) in [6.45, 7) is 0. The number of carbonyl (C=O) groups excluding carboxylic acids is 1. The van der Waals surface area contributed by atoms with Crippen molar-refractivity contribution in [2.75, 3.05) is 29.6 Å². The van der Waals surface area contributed by atoms with Crippen LogP contribution in [0.25, 0.3) is 0 Å². The molecular formula is C20H17F3N4O. The monoisotopic (exact) mass is 386 g/mol. The molecule has 3 rings (SSSR count). The van der Waals surface area contributed by atoms with Gasteiger partial charge >= 0.3 is 0 Å². The van der Waals surface area contributed by atoms with E-state index < -0.39 is 23.4 Å². The minimum Gasteiger partial charge on any atom is -0.378 e. The number of nitrogens with one attached hydrogen (secondary N) is 2. The van der Waals surface area contributed by atoms with Gasteiger partial charge in [-0.15, -0.1) is 0 Å². The zero-order chi connectivity index (χ0) is 20.3. The largest absolute Gasteiger partial charge is 0.378 e. The van der Waals surface area contributed by atoms with Crippen LogP contribution in [0.4, 0.5) is 35.9 Å². The average molecular weight is 386 g/mol. The summed E-state index contributed by atoms with van der Waals surface area (Å²) in [6, 6.07) is 10.5. The lowest BCUT2D eigenvalue weighted by Crippen LogP contribution is -2.13. The summed E-state index contributed by atoms with van der Waals surface area (Å²) in [5.74, 6) is -4.63. The van der Waals surface area contributed by atoms with Crippen LogP contribution in [0.1, 0.15) is 10.4 Å². The second-order valence-corrected chi connectivity index (χ2v) is 6.21. The second kappa shape index (κ2) is 7.99. The number of aromatic nitrogens is 1. The molecule has 0 fully saturated rings. The molecule has 0 radical (unpaired) electrons. The van der Waals surface area contributed by atoms with Crippen LogP contribution in [0.3, 0.4) is 0 Å². The Kier molecular flexibility index (Phi) is 5.49. The molecule has 1 amide bonds. The number of rotatable bonds is 5. The maximum absolute atomic E-state index is 13.8. The standard InChI is InChI=1S/C20H17F3N4O/c1-27(2)15-5-3-13(4-6-15)26-20(28)12-9-14(11-24-10-12)25-17-8-7-16(21)18(22)19(17)23/h3-11,25H,1-2H3,(H,26,28). The molecule has 0 aliphatic carbocycles. The predicted octanol–water partition coefficient (Wildman–Crippen LogP) is 4.56. The number of hydrogen-bond acceptors (Lipinski definition) is 4. The number of anilines is 4. The van der Waals surface area contributed by atoms with E-state index in [4.69, 9.17) is 0 Å². The van der Waals surface area contributed by atoms with Crippen LogP contribution in [0.5, 0.6) is 0 Å². The van der Waals surface area contributed by atoms with Crippen molar-refractivity contribution in [2.45, 2.75) is 0 Å². The van der Waals surface area contributed by atoms with E-state index in [1.165, 1.54) is 18.5 Å². The van der Waals surface area contributed by atoms with Gasteiger partial charge in [0, 0.05) is 31.7 Å². The zero-order valence-electron chi connectivity index (χ0n) is 15.1. The highest BCUT2D eigenvalue weighted by atomic mass is 19.2. The molecule has 8 heteroatoms. The highest BCUT2D eigenvalue weighted by Gasteiger charge is 2.14. The van der Waals surface area contributed by atoms with Gasteiger partial charge in [0.25, 0.3) is 5.91 Å². The summed E-state index contributed by atoms with van der Waals surface area (Å²) in [5.41, 5.74) is 1.78. The highest BCUT2D eigenvalue weighted by molar-refractivity contribution is 6.04. The molecule has 0 unspecified atom stereocenters. The SMILES string of the molecule is CN(C)c1ccc(NC(=O)c2cncc(Nc3ccc(F)c(F)c3F)c2)cc1. The zero-order valence-corrected chi connectivity index (χ0v) is 15.1. The van der Waals surface area contributed by atoms with Crippen LogP contribution < -0.4 is 15.5 Å². The summed E-state index contributed by atoms with van der Waals surface area (Å²) in [5, 5.41) is 5.32. The number of pyridine rings is 1. The molecule has 0 saturated heterocycles. The summed E-state index contributed by atoms with van der Waals surface area (Å²) < 4.78 is 40.2. The molecule has 0 spiro atoms. The molecular weight excluding hydrogens is 369 g/mol. The molecule has 0 atom stereocenters. The van der Waals surface area contributed by atoms with Crippen molar-refractivity contribution < 1.29 is 18.0 Å². The van der Waals surface area contributed by atoms with E-state index in [0.717, 1.165) is 17.8 Å². The minimum absolute atomic E-state index is 0.213. The summed E-state index contributed by atoms with van der Waals surface area (Å²) in [7, 11) is 3.82. The predicted molar refractivity (Wildman–Crippen MR) is 103 cm³/mol. The summed E-state index contributed by atoms with van der Waals surface area (Å²) in [6.07, 6.45) is 2.68. The first kappa shape index (κ1) is 19.2. The molecule has 0 saturated carbocycles. The lowest BCUT2D eigenvalue weighted by molar-refractivity contribution is 0.102. The van der Waals surface area contributed by atoms with Gasteiger partial charge in [0.1, 0.15) is 0 Å². The molecule has 2 aromatic carbocycles. The summed E-state index contributed by atoms with van der Waals surface area (Å²) in [4.78, 5) is 18.3. The molecule has 0 bridgehead atoms. The fourth-order valence-corrected chi connectivity index (χ4v) is 2.46. The third-order valence-corrected chi connectivity index (χ3v) is 3.96. The van der Waals surface area contributed by atoms with Gasteiger partial charge in [-0.05, 0) is 42.5 Å². The maximum atomic E-state index is 13.8. The fraction of sp³-hybridized carbons (Fsp3) is 0.100. The first-order valence-corrected chi connectivity index (χ1v) is 8.29. The Balaban J connectivity index is 1.75. The van der Waals surface area contributed by atoms with Crippen LogP contribution in [-0.2, 0) is 0 Å². The van der Waals surface area contributed by atoms with Gasteiger partial charge in [0.2, 0.25) is 0 Å². The van der Waals surface area contributed by atoms with Crippen molar-refractivity contribution in [3.63, 3.8) is 0 Å². The van der Waals surface area contributed by atoms with E-state index in [2.05, 4.69) is 15.6 Å². The van der Waals surface area contributed by atoms with Crippen LogP contribution in [0.2, 0.25) is 0 Å². The molecule has 1 aromatic heterocycles. The third kappa shape index (κ3) is 4.22. The Morgan fingerprint density at radius 3 is 2.32 bits per heavy atom. The van der Waals surface area contributed by atoms with Crippen LogP contribution in [-0.4, -0.2) is 25.0 Å². The van der Waals surface area contributed by atoms with E-state index >= 15 is 0 Å². The van der Waals surface area contributed by atoms with Crippen molar-refractivity contribution in [3.05, 3.63) is 77.9 Å². The van der Waals surface area contributed by atoms with E-state index in [-0.39, 0.29) is 16.9 Å². The normalized spacial score (nSPS) is 10.5.